The summed E-state index contributed by atoms with van der Waals surface area (Å²) in [5.74, 6) is 0.0365. The molecular formula is C41H42N6O4S2. The van der Waals surface area contributed by atoms with Gasteiger partial charge in [-0.15, -0.1) is 22.7 Å². The Balaban J connectivity index is 0.923. The predicted octanol–water partition coefficient (Wildman–Crippen LogP) is 6.10. The lowest BCUT2D eigenvalue weighted by Gasteiger charge is -2.43. The standard InChI is InChI=1S/C41H42N6O4S2/c1-27-7-10-31(19-42-27)38-43-20-32(53-38)21-45-16-13-33(34(22-45)29-5-3-2-4-6-29)39(49)46-17-14-41(51,15-18-46)25-47-26-44-36-35(40(47)50)24-52-37(36)30-11-8-28(23-48)9-12-30/h2-12,19-20,24,26,33-34,48,51H,13-18,21-23,25H2,1H3/t33-,34+/m1/s1. The van der Waals surface area contributed by atoms with E-state index in [4.69, 9.17) is 0 Å². The molecule has 2 saturated heterocycles. The summed E-state index contributed by atoms with van der Waals surface area (Å²) in [7, 11) is 0. The van der Waals surface area contributed by atoms with E-state index in [2.05, 4.69) is 38.1 Å². The Bertz CT molecular complexity index is 2260. The first-order chi connectivity index (χ1) is 25.8. The molecule has 0 aliphatic carbocycles. The average molecular weight is 747 g/mol. The van der Waals surface area contributed by atoms with Gasteiger partial charge in [0, 0.05) is 71.9 Å². The molecule has 10 nitrogen and oxygen atoms in total. The smallest absolute Gasteiger partial charge is 0.262 e. The molecule has 53 heavy (non-hydrogen) atoms. The number of piperidine rings is 2. The molecule has 2 fully saturated rings. The second-order valence-electron chi connectivity index (χ2n) is 14.4. The van der Waals surface area contributed by atoms with Gasteiger partial charge in [0.2, 0.25) is 5.91 Å². The van der Waals surface area contributed by atoms with E-state index in [-0.39, 0.29) is 36.5 Å². The number of amides is 1. The van der Waals surface area contributed by atoms with Gasteiger partial charge in [-0.3, -0.25) is 24.0 Å². The van der Waals surface area contributed by atoms with E-state index in [1.165, 1.54) is 32.7 Å². The number of carbonyl (C=O) groups excluding carboxylic acids is 1. The van der Waals surface area contributed by atoms with Gasteiger partial charge in [0.1, 0.15) is 5.01 Å². The van der Waals surface area contributed by atoms with Crippen LogP contribution in [-0.4, -0.2) is 77.2 Å². The number of hydrogen-bond acceptors (Lipinski definition) is 10. The van der Waals surface area contributed by atoms with Crippen molar-refractivity contribution in [3.63, 3.8) is 0 Å². The largest absolute Gasteiger partial charge is 0.392 e. The van der Waals surface area contributed by atoms with E-state index in [0.717, 1.165) is 58.3 Å². The number of aromatic nitrogens is 4. The minimum Gasteiger partial charge on any atom is -0.392 e. The van der Waals surface area contributed by atoms with Crippen LogP contribution in [-0.2, 0) is 24.5 Å². The minimum atomic E-state index is -1.13. The summed E-state index contributed by atoms with van der Waals surface area (Å²) in [6.45, 7) is 5.31. The normalized spacial score (nSPS) is 19.1. The Labute approximate surface area is 316 Å². The number of aliphatic hydroxyl groups excluding tert-OH is 1. The zero-order valence-corrected chi connectivity index (χ0v) is 31.2. The van der Waals surface area contributed by atoms with E-state index < -0.39 is 5.60 Å². The van der Waals surface area contributed by atoms with Gasteiger partial charge < -0.3 is 15.1 Å². The lowest BCUT2D eigenvalue weighted by Crippen LogP contribution is -2.53. The summed E-state index contributed by atoms with van der Waals surface area (Å²) in [6.07, 6.45) is 6.89. The number of carbonyl (C=O) groups is 1. The molecule has 2 aliphatic rings. The van der Waals surface area contributed by atoms with E-state index in [1.54, 1.807) is 11.3 Å². The molecular weight excluding hydrogens is 705 g/mol. The van der Waals surface area contributed by atoms with Crippen molar-refractivity contribution < 1.29 is 15.0 Å². The number of pyridine rings is 1. The average Bonchev–Trinajstić information content (AvgIpc) is 3.85. The molecule has 0 radical (unpaired) electrons. The van der Waals surface area contributed by atoms with Crippen LogP contribution in [0, 0.1) is 12.8 Å². The molecule has 0 spiro atoms. The van der Waals surface area contributed by atoms with Gasteiger partial charge in [-0.1, -0.05) is 54.6 Å². The van der Waals surface area contributed by atoms with E-state index in [1.807, 2.05) is 78.1 Å². The van der Waals surface area contributed by atoms with Crippen LogP contribution in [0.2, 0.25) is 0 Å². The Morgan fingerprint density at radius 3 is 2.45 bits per heavy atom. The Morgan fingerprint density at radius 2 is 1.72 bits per heavy atom. The van der Waals surface area contributed by atoms with Crippen LogP contribution in [0.25, 0.3) is 31.9 Å². The molecule has 0 bridgehead atoms. The maximum absolute atomic E-state index is 14.2. The van der Waals surface area contributed by atoms with Crippen molar-refractivity contribution in [2.24, 2.45) is 5.92 Å². The van der Waals surface area contributed by atoms with Crippen LogP contribution in [0.1, 0.15) is 46.9 Å². The molecule has 0 unspecified atom stereocenters. The van der Waals surface area contributed by atoms with Crippen LogP contribution in [0.5, 0.6) is 0 Å². The third-order valence-corrected chi connectivity index (χ3v) is 12.8. The van der Waals surface area contributed by atoms with Crippen molar-refractivity contribution in [1.82, 2.24) is 29.3 Å². The van der Waals surface area contributed by atoms with Crippen molar-refractivity contribution >= 4 is 39.5 Å². The van der Waals surface area contributed by atoms with Crippen LogP contribution in [0.15, 0.2) is 95.6 Å². The fraction of sp³-hybridized carbons (Fsp3) is 0.341. The fourth-order valence-electron chi connectivity index (χ4n) is 7.72. The van der Waals surface area contributed by atoms with E-state index in [9.17, 15) is 19.8 Å². The molecule has 12 heteroatoms. The van der Waals surface area contributed by atoms with E-state index >= 15 is 0 Å². The Hall–Kier alpha value is -4.59. The number of nitrogens with zero attached hydrogens (tertiary/aromatic N) is 6. The number of rotatable bonds is 9. The van der Waals surface area contributed by atoms with Crippen molar-refractivity contribution in [3.8, 4) is 21.0 Å². The van der Waals surface area contributed by atoms with E-state index in [0.29, 0.717) is 36.8 Å². The Morgan fingerprint density at radius 1 is 0.943 bits per heavy atom. The maximum Gasteiger partial charge on any atom is 0.262 e. The zero-order valence-electron chi connectivity index (χ0n) is 29.6. The summed E-state index contributed by atoms with van der Waals surface area (Å²) >= 11 is 3.15. The monoisotopic (exact) mass is 746 g/mol. The first kappa shape index (κ1) is 35.4. The van der Waals surface area contributed by atoms with Crippen molar-refractivity contribution in [1.29, 1.82) is 0 Å². The fourth-order valence-corrected chi connectivity index (χ4v) is 9.66. The number of likely N-dealkylation sites (tertiary alicyclic amines) is 2. The summed E-state index contributed by atoms with van der Waals surface area (Å²) in [4.78, 5) is 48.0. The third-order valence-electron chi connectivity index (χ3n) is 10.8. The van der Waals surface area contributed by atoms with Crippen molar-refractivity contribution in [3.05, 3.63) is 123 Å². The number of aliphatic hydroxyl groups is 2. The van der Waals surface area contributed by atoms with Crippen molar-refractivity contribution in [2.75, 3.05) is 26.2 Å². The molecule has 4 aromatic heterocycles. The highest BCUT2D eigenvalue weighted by Crippen LogP contribution is 2.37. The lowest BCUT2D eigenvalue weighted by molar-refractivity contribution is -0.142. The number of hydrogen-bond donors (Lipinski definition) is 2. The third kappa shape index (κ3) is 7.47. The quantitative estimate of drug-likeness (QED) is 0.182. The highest BCUT2D eigenvalue weighted by atomic mass is 32.1. The molecule has 0 saturated carbocycles. The van der Waals surface area contributed by atoms with Crippen LogP contribution < -0.4 is 5.56 Å². The summed E-state index contributed by atoms with van der Waals surface area (Å²) in [5.41, 5.74) is 4.26. The number of benzene rings is 2. The van der Waals surface area contributed by atoms with Gasteiger partial charge in [-0.25, -0.2) is 9.97 Å². The second-order valence-corrected chi connectivity index (χ2v) is 16.4. The van der Waals surface area contributed by atoms with Crippen LogP contribution in [0.3, 0.4) is 0 Å². The first-order valence-electron chi connectivity index (χ1n) is 18.1. The zero-order chi connectivity index (χ0) is 36.5. The second kappa shape index (κ2) is 15.0. The van der Waals surface area contributed by atoms with Gasteiger partial charge in [-0.2, -0.15) is 0 Å². The summed E-state index contributed by atoms with van der Waals surface area (Å²) in [5, 5.41) is 24.4. The Kier molecular flexibility index (Phi) is 10.1. The molecule has 2 aliphatic heterocycles. The SMILES string of the molecule is Cc1ccc(-c2ncc(CN3CC[C@@H](C(=O)N4CCC(O)(Cn5cnc6c(-c7ccc(CO)cc7)scc6c5=O)CC4)[C@H](c4ccccc4)C3)s2)cn1. The summed E-state index contributed by atoms with van der Waals surface area (Å²) in [6, 6.07) is 22.0. The van der Waals surface area contributed by atoms with Gasteiger partial charge in [0.05, 0.1) is 40.9 Å². The number of aryl methyl sites for hydroxylation is 1. The number of fused-ring (bicyclic) bond motifs is 1. The number of thiophene rings is 1. The van der Waals surface area contributed by atoms with Crippen LogP contribution in [0.4, 0.5) is 0 Å². The minimum absolute atomic E-state index is 0.0272. The molecule has 6 heterocycles. The van der Waals surface area contributed by atoms with Crippen LogP contribution >= 0.6 is 22.7 Å². The van der Waals surface area contributed by atoms with Crippen molar-refractivity contribution in [2.45, 2.75) is 57.4 Å². The molecule has 2 N–H and O–H groups in total. The molecule has 1 amide bonds. The molecule has 6 aromatic rings. The molecule has 8 rings (SSSR count). The predicted molar refractivity (Wildman–Crippen MR) is 209 cm³/mol. The number of thiazole rings is 1. The molecule has 2 aromatic carbocycles. The highest BCUT2D eigenvalue weighted by molar-refractivity contribution is 7.15. The topological polar surface area (TPSA) is 125 Å². The lowest BCUT2D eigenvalue weighted by atomic mass is 9.79. The first-order valence-corrected chi connectivity index (χ1v) is 19.8. The maximum atomic E-state index is 14.2. The van der Waals surface area contributed by atoms with Gasteiger partial charge in [0.15, 0.2) is 0 Å². The highest BCUT2D eigenvalue weighted by Gasteiger charge is 2.41. The van der Waals surface area contributed by atoms with Gasteiger partial charge in [-0.05, 0) is 61.6 Å². The molecule has 272 valence electrons. The molecule has 2 atom stereocenters. The van der Waals surface area contributed by atoms with Gasteiger partial charge in [0.25, 0.3) is 5.56 Å². The van der Waals surface area contributed by atoms with Gasteiger partial charge >= 0.3 is 0 Å². The summed E-state index contributed by atoms with van der Waals surface area (Å²) < 4.78 is 1.51.